The van der Waals surface area contributed by atoms with Crippen LogP contribution in [0.4, 0.5) is 14.6 Å². The number of pyridine rings is 1. The molecule has 1 aliphatic rings. The van der Waals surface area contributed by atoms with Crippen LogP contribution in [0.5, 0.6) is 0 Å². The normalized spacial score (nSPS) is 23.1. The van der Waals surface area contributed by atoms with E-state index in [1.54, 1.807) is 0 Å². The number of nitrogens with two attached hydrogens (primary N) is 2. The molecule has 7 heteroatoms. The lowest BCUT2D eigenvalue weighted by Crippen LogP contribution is -2.33. The van der Waals surface area contributed by atoms with Gasteiger partial charge in [0.15, 0.2) is 11.6 Å². The largest absolute Gasteiger partial charge is 0.365 e. The predicted octanol–water partition coefficient (Wildman–Crippen LogP) is 1.14. The number of rotatable bonds is 3. The molecular formula is C12H16F2N4O. The van der Waals surface area contributed by atoms with Crippen LogP contribution in [0.25, 0.3) is 0 Å². The van der Waals surface area contributed by atoms with Crippen LogP contribution in [0.2, 0.25) is 0 Å². The summed E-state index contributed by atoms with van der Waals surface area (Å²) >= 11 is 0. The topological polar surface area (TPSA) is 94.0 Å². The molecule has 0 saturated heterocycles. The minimum absolute atomic E-state index is 0.0145. The molecule has 1 heterocycles. The highest BCUT2D eigenvalue weighted by Gasteiger charge is 2.21. The van der Waals surface area contributed by atoms with Gasteiger partial charge in [0.1, 0.15) is 0 Å². The van der Waals surface area contributed by atoms with Crippen molar-refractivity contribution in [2.24, 2.45) is 11.5 Å². The molecule has 1 aliphatic carbocycles. The third-order valence-corrected chi connectivity index (χ3v) is 3.31. The van der Waals surface area contributed by atoms with Gasteiger partial charge in [0.25, 0.3) is 5.91 Å². The lowest BCUT2D eigenvalue weighted by atomic mass is 9.92. The number of hydrogen-bond donors (Lipinski definition) is 3. The van der Waals surface area contributed by atoms with E-state index in [9.17, 15) is 13.6 Å². The molecule has 0 aromatic carbocycles. The van der Waals surface area contributed by atoms with Crippen molar-refractivity contribution >= 4 is 11.7 Å². The number of aromatic nitrogens is 1. The minimum Gasteiger partial charge on any atom is -0.365 e. The van der Waals surface area contributed by atoms with Crippen LogP contribution < -0.4 is 16.8 Å². The van der Waals surface area contributed by atoms with Crippen LogP contribution in [-0.4, -0.2) is 23.0 Å². The lowest BCUT2D eigenvalue weighted by Gasteiger charge is -2.27. The molecule has 0 bridgehead atoms. The van der Waals surface area contributed by atoms with Gasteiger partial charge >= 0.3 is 0 Å². The molecule has 5 N–H and O–H groups in total. The molecule has 0 radical (unpaired) electrons. The summed E-state index contributed by atoms with van der Waals surface area (Å²) < 4.78 is 27.2. The SMILES string of the molecule is NC(=O)c1cc(F)c(N[C@H]2CC[C@H](N)CC2)nc1F. The summed E-state index contributed by atoms with van der Waals surface area (Å²) in [5.41, 5.74) is 10.1. The highest BCUT2D eigenvalue weighted by molar-refractivity contribution is 5.92. The quantitative estimate of drug-likeness (QED) is 0.718. The molecule has 19 heavy (non-hydrogen) atoms. The zero-order chi connectivity index (χ0) is 14.0. The molecule has 104 valence electrons. The number of hydrogen-bond acceptors (Lipinski definition) is 4. The fraction of sp³-hybridized carbons (Fsp3) is 0.500. The summed E-state index contributed by atoms with van der Waals surface area (Å²) in [7, 11) is 0. The molecule has 1 fully saturated rings. The first-order chi connectivity index (χ1) is 8.97. The maximum Gasteiger partial charge on any atom is 0.253 e. The van der Waals surface area contributed by atoms with Gasteiger partial charge in [-0.1, -0.05) is 0 Å². The molecule has 0 unspecified atom stereocenters. The number of carbonyl (C=O) groups excluding carboxylic acids is 1. The molecule has 1 saturated carbocycles. The molecule has 0 spiro atoms. The van der Waals surface area contributed by atoms with Crippen molar-refractivity contribution in [2.45, 2.75) is 37.8 Å². The third kappa shape index (κ3) is 3.17. The Kier molecular flexibility index (Phi) is 3.94. The molecule has 1 aromatic heterocycles. The van der Waals surface area contributed by atoms with Gasteiger partial charge in [0, 0.05) is 12.1 Å². The molecule has 2 rings (SSSR count). The Morgan fingerprint density at radius 3 is 2.53 bits per heavy atom. The fourth-order valence-corrected chi connectivity index (χ4v) is 2.20. The first kappa shape index (κ1) is 13.7. The summed E-state index contributed by atoms with van der Waals surface area (Å²) in [4.78, 5) is 14.3. The van der Waals surface area contributed by atoms with Crippen molar-refractivity contribution in [2.75, 3.05) is 5.32 Å². The van der Waals surface area contributed by atoms with Crippen LogP contribution in [0.1, 0.15) is 36.0 Å². The number of anilines is 1. The van der Waals surface area contributed by atoms with Crippen molar-refractivity contribution in [3.63, 3.8) is 0 Å². The number of halogens is 2. The average Bonchev–Trinajstić information content (AvgIpc) is 2.35. The summed E-state index contributed by atoms with van der Waals surface area (Å²) in [6.45, 7) is 0. The Hall–Kier alpha value is -1.76. The Bertz CT molecular complexity index is 487. The highest BCUT2D eigenvalue weighted by Crippen LogP contribution is 2.22. The van der Waals surface area contributed by atoms with E-state index < -0.39 is 23.2 Å². The van der Waals surface area contributed by atoms with Crippen molar-refractivity contribution in [3.8, 4) is 0 Å². The van der Waals surface area contributed by atoms with E-state index in [-0.39, 0.29) is 17.9 Å². The van der Waals surface area contributed by atoms with Crippen molar-refractivity contribution in [1.29, 1.82) is 0 Å². The van der Waals surface area contributed by atoms with E-state index in [1.807, 2.05) is 0 Å². The summed E-state index contributed by atoms with van der Waals surface area (Å²) in [6, 6.07) is 0.951. The second kappa shape index (κ2) is 5.48. The van der Waals surface area contributed by atoms with E-state index >= 15 is 0 Å². The zero-order valence-corrected chi connectivity index (χ0v) is 10.3. The summed E-state index contributed by atoms with van der Waals surface area (Å²) in [6.07, 6.45) is 3.23. The Morgan fingerprint density at radius 1 is 1.32 bits per heavy atom. The molecular weight excluding hydrogens is 254 g/mol. The molecule has 5 nitrogen and oxygen atoms in total. The first-order valence-corrected chi connectivity index (χ1v) is 6.15. The number of amides is 1. The minimum atomic E-state index is -1.07. The third-order valence-electron chi connectivity index (χ3n) is 3.31. The van der Waals surface area contributed by atoms with Crippen LogP contribution in [0.15, 0.2) is 6.07 Å². The number of carbonyl (C=O) groups is 1. The van der Waals surface area contributed by atoms with Crippen LogP contribution >= 0.6 is 0 Å². The van der Waals surface area contributed by atoms with Crippen LogP contribution in [-0.2, 0) is 0 Å². The number of nitrogens with zero attached hydrogens (tertiary/aromatic N) is 1. The van der Waals surface area contributed by atoms with Gasteiger partial charge in [0.2, 0.25) is 5.95 Å². The zero-order valence-electron chi connectivity index (χ0n) is 10.3. The second-order valence-corrected chi connectivity index (χ2v) is 4.78. The van der Waals surface area contributed by atoms with Crippen LogP contribution in [0.3, 0.4) is 0 Å². The fourth-order valence-electron chi connectivity index (χ4n) is 2.20. The Morgan fingerprint density at radius 2 is 1.95 bits per heavy atom. The second-order valence-electron chi connectivity index (χ2n) is 4.78. The van der Waals surface area contributed by atoms with Crippen molar-refractivity contribution in [3.05, 3.63) is 23.4 Å². The lowest BCUT2D eigenvalue weighted by molar-refractivity contribution is 0.0995. The van der Waals surface area contributed by atoms with E-state index in [0.717, 1.165) is 31.7 Å². The van der Waals surface area contributed by atoms with Crippen molar-refractivity contribution < 1.29 is 13.6 Å². The molecule has 0 aliphatic heterocycles. The molecule has 0 atom stereocenters. The molecule has 1 aromatic rings. The molecule has 1 amide bonds. The van der Waals surface area contributed by atoms with E-state index in [2.05, 4.69) is 10.3 Å². The van der Waals surface area contributed by atoms with E-state index in [1.165, 1.54) is 0 Å². The monoisotopic (exact) mass is 270 g/mol. The van der Waals surface area contributed by atoms with Gasteiger partial charge in [-0.15, -0.1) is 0 Å². The predicted molar refractivity (Wildman–Crippen MR) is 66.5 cm³/mol. The number of primary amides is 1. The number of nitrogens with one attached hydrogen (secondary N) is 1. The van der Waals surface area contributed by atoms with Gasteiger partial charge in [-0.3, -0.25) is 4.79 Å². The van der Waals surface area contributed by atoms with E-state index in [4.69, 9.17) is 11.5 Å². The van der Waals surface area contributed by atoms with Gasteiger partial charge in [-0.2, -0.15) is 9.37 Å². The van der Waals surface area contributed by atoms with Crippen molar-refractivity contribution in [1.82, 2.24) is 4.98 Å². The summed E-state index contributed by atoms with van der Waals surface area (Å²) in [5, 5.41) is 2.84. The smallest absolute Gasteiger partial charge is 0.253 e. The van der Waals surface area contributed by atoms with Crippen LogP contribution in [0, 0.1) is 11.8 Å². The van der Waals surface area contributed by atoms with Gasteiger partial charge in [-0.25, -0.2) is 4.39 Å². The Labute approximate surface area is 109 Å². The van der Waals surface area contributed by atoms with Gasteiger partial charge < -0.3 is 16.8 Å². The van der Waals surface area contributed by atoms with E-state index in [0.29, 0.717) is 0 Å². The Balaban J connectivity index is 2.13. The first-order valence-electron chi connectivity index (χ1n) is 6.15. The van der Waals surface area contributed by atoms with Gasteiger partial charge in [-0.05, 0) is 31.7 Å². The maximum absolute atomic E-state index is 13.7. The standard InChI is InChI=1S/C12H16F2N4O/c13-9-5-8(11(16)19)10(14)18-12(9)17-7-3-1-6(15)2-4-7/h5-7H,1-4,15H2,(H2,16,19)(H,17,18)/t6-,7-. The average molecular weight is 270 g/mol. The highest BCUT2D eigenvalue weighted by atomic mass is 19.1. The van der Waals surface area contributed by atoms with Gasteiger partial charge in [0.05, 0.1) is 5.56 Å². The summed E-state index contributed by atoms with van der Waals surface area (Å²) in [5.74, 6) is -3.09. The maximum atomic E-state index is 13.7.